The van der Waals surface area contributed by atoms with Gasteiger partial charge in [0.15, 0.2) is 0 Å². The van der Waals surface area contributed by atoms with Crippen molar-refractivity contribution >= 4 is 11.5 Å². The summed E-state index contributed by atoms with van der Waals surface area (Å²) in [5.74, 6) is -1.09. The van der Waals surface area contributed by atoms with Crippen molar-refractivity contribution in [2.24, 2.45) is 0 Å². The standard InChI is InChI=1S/C16H12FNO3/c1-21-14-6-5-10(17)8-11(14)12-9-18-7-3-2-4-13(18)15(12)16(19)20/h2-9H,1H3,(H,19,20). The summed E-state index contributed by atoms with van der Waals surface area (Å²) < 4.78 is 20.5. The lowest BCUT2D eigenvalue weighted by atomic mass is 10.0. The number of pyridine rings is 1. The van der Waals surface area contributed by atoms with E-state index in [4.69, 9.17) is 4.74 Å². The Morgan fingerprint density at radius 3 is 2.76 bits per heavy atom. The molecule has 21 heavy (non-hydrogen) atoms. The summed E-state index contributed by atoms with van der Waals surface area (Å²) >= 11 is 0. The van der Waals surface area contributed by atoms with Crippen molar-refractivity contribution in [3.05, 3.63) is 60.2 Å². The number of aromatic nitrogens is 1. The highest BCUT2D eigenvalue weighted by atomic mass is 19.1. The van der Waals surface area contributed by atoms with Crippen molar-refractivity contribution in [1.29, 1.82) is 0 Å². The molecule has 0 saturated heterocycles. The van der Waals surface area contributed by atoms with E-state index in [2.05, 4.69) is 0 Å². The number of ether oxygens (including phenoxy) is 1. The van der Waals surface area contributed by atoms with E-state index in [0.29, 0.717) is 22.4 Å². The second-order valence-corrected chi connectivity index (χ2v) is 4.56. The summed E-state index contributed by atoms with van der Waals surface area (Å²) in [5.41, 5.74) is 1.51. The van der Waals surface area contributed by atoms with Gasteiger partial charge in [-0.3, -0.25) is 0 Å². The normalized spacial score (nSPS) is 10.8. The molecule has 2 aromatic heterocycles. The highest BCUT2D eigenvalue weighted by Crippen LogP contribution is 2.35. The fourth-order valence-electron chi connectivity index (χ4n) is 2.44. The molecule has 0 atom stereocenters. The lowest BCUT2D eigenvalue weighted by Crippen LogP contribution is -1.99. The Morgan fingerprint density at radius 1 is 1.24 bits per heavy atom. The molecule has 0 radical (unpaired) electrons. The number of nitrogens with zero attached hydrogens (tertiary/aromatic N) is 1. The molecule has 0 unspecified atom stereocenters. The molecule has 3 aromatic rings. The van der Waals surface area contributed by atoms with Crippen LogP contribution in [0.15, 0.2) is 48.8 Å². The van der Waals surface area contributed by atoms with Crippen LogP contribution in [0.5, 0.6) is 5.75 Å². The SMILES string of the molecule is COc1ccc(F)cc1-c1cn2ccccc2c1C(=O)O. The van der Waals surface area contributed by atoms with Crippen molar-refractivity contribution in [3.63, 3.8) is 0 Å². The van der Waals surface area contributed by atoms with Crippen LogP contribution in [0.1, 0.15) is 10.4 Å². The van der Waals surface area contributed by atoms with Gasteiger partial charge in [-0.15, -0.1) is 0 Å². The number of carbonyl (C=O) groups is 1. The molecule has 2 heterocycles. The lowest BCUT2D eigenvalue weighted by molar-refractivity contribution is 0.0700. The van der Waals surface area contributed by atoms with Crippen LogP contribution in [0.2, 0.25) is 0 Å². The Balaban J connectivity index is 2.37. The molecule has 106 valence electrons. The maximum atomic E-state index is 13.5. The average Bonchev–Trinajstić information content (AvgIpc) is 2.86. The van der Waals surface area contributed by atoms with Crippen LogP contribution in [-0.4, -0.2) is 22.6 Å². The minimum Gasteiger partial charge on any atom is -0.496 e. The predicted octanol–water partition coefficient (Wildman–Crippen LogP) is 3.45. The first-order valence-electron chi connectivity index (χ1n) is 6.28. The molecule has 0 bridgehead atoms. The van der Waals surface area contributed by atoms with E-state index in [1.807, 2.05) is 0 Å². The van der Waals surface area contributed by atoms with E-state index in [9.17, 15) is 14.3 Å². The molecule has 1 N–H and O–H groups in total. The Morgan fingerprint density at radius 2 is 2.05 bits per heavy atom. The van der Waals surface area contributed by atoms with Crippen LogP contribution in [-0.2, 0) is 0 Å². The largest absolute Gasteiger partial charge is 0.496 e. The van der Waals surface area contributed by atoms with Crippen molar-refractivity contribution in [3.8, 4) is 16.9 Å². The van der Waals surface area contributed by atoms with Gasteiger partial charge in [-0.25, -0.2) is 9.18 Å². The van der Waals surface area contributed by atoms with Crippen molar-refractivity contribution < 1.29 is 19.0 Å². The van der Waals surface area contributed by atoms with Gasteiger partial charge >= 0.3 is 5.97 Å². The molecular weight excluding hydrogens is 273 g/mol. The van der Waals surface area contributed by atoms with Gasteiger partial charge in [0.2, 0.25) is 0 Å². The summed E-state index contributed by atoms with van der Waals surface area (Å²) in [6.45, 7) is 0. The second kappa shape index (κ2) is 4.94. The van der Waals surface area contributed by atoms with Gasteiger partial charge < -0.3 is 14.2 Å². The molecule has 0 aliphatic heterocycles. The van der Waals surface area contributed by atoms with E-state index >= 15 is 0 Å². The number of benzene rings is 1. The van der Waals surface area contributed by atoms with E-state index < -0.39 is 11.8 Å². The van der Waals surface area contributed by atoms with Crippen LogP contribution in [0.25, 0.3) is 16.6 Å². The van der Waals surface area contributed by atoms with Crippen LogP contribution in [0, 0.1) is 5.82 Å². The van der Waals surface area contributed by atoms with Crippen LogP contribution < -0.4 is 4.74 Å². The molecule has 1 aromatic carbocycles. The summed E-state index contributed by atoms with van der Waals surface area (Å²) in [6, 6.07) is 9.30. The van der Waals surface area contributed by atoms with E-state index in [1.165, 1.54) is 25.3 Å². The maximum absolute atomic E-state index is 13.5. The number of hydrogen-bond acceptors (Lipinski definition) is 2. The van der Waals surface area contributed by atoms with Gasteiger partial charge in [0, 0.05) is 23.5 Å². The highest BCUT2D eigenvalue weighted by Gasteiger charge is 2.21. The molecule has 0 spiro atoms. The number of rotatable bonds is 3. The second-order valence-electron chi connectivity index (χ2n) is 4.56. The number of methoxy groups -OCH3 is 1. The smallest absolute Gasteiger partial charge is 0.338 e. The molecule has 5 heteroatoms. The zero-order chi connectivity index (χ0) is 15.0. The van der Waals surface area contributed by atoms with Gasteiger partial charge in [-0.1, -0.05) is 6.07 Å². The van der Waals surface area contributed by atoms with Gasteiger partial charge in [-0.05, 0) is 30.3 Å². The van der Waals surface area contributed by atoms with Crippen LogP contribution in [0.4, 0.5) is 4.39 Å². The first kappa shape index (κ1) is 13.2. The van der Waals surface area contributed by atoms with Gasteiger partial charge in [0.1, 0.15) is 11.6 Å². The van der Waals surface area contributed by atoms with Gasteiger partial charge in [-0.2, -0.15) is 0 Å². The molecule has 0 aliphatic carbocycles. The Labute approximate surface area is 120 Å². The molecule has 4 nitrogen and oxygen atoms in total. The lowest BCUT2D eigenvalue weighted by Gasteiger charge is -2.08. The third-order valence-corrected chi connectivity index (χ3v) is 3.35. The minimum atomic E-state index is -1.06. The summed E-state index contributed by atoms with van der Waals surface area (Å²) in [7, 11) is 1.47. The molecule has 0 saturated carbocycles. The Hall–Kier alpha value is -2.82. The monoisotopic (exact) mass is 285 g/mol. The number of carboxylic acid groups (broad SMARTS) is 1. The minimum absolute atomic E-state index is 0.125. The number of halogens is 1. The fraction of sp³-hybridized carbons (Fsp3) is 0.0625. The summed E-state index contributed by atoms with van der Waals surface area (Å²) in [6.07, 6.45) is 3.41. The number of fused-ring (bicyclic) bond motifs is 1. The summed E-state index contributed by atoms with van der Waals surface area (Å²) in [5, 5.41) is 9.50. The molecule has 0 fully saturated rings. The average molecular weight is 285 g/mol. The van der Waals surface area contributed by atoms with Crippen molar-refractivity contribution in [2.45, 2.75) is 0 Å². The van der Waals surface area contributed by atoms with E-state index in [-0.39, 0.29) is 5.56 Å². The number of carboxylic acids is 1. The third-order valence-electron chi connectivity index (χ3n) is 3.35. The Kier molecular flexibility index (Phi) is 3.10. The summed E-state index contributed by atoms with van der Waals surface area (Å²) in [4.78, 5) is 11.6. The highest BCUT2D eigenvalue weighted by molar-refractivity contribution is 6.04. The topological polar surface area (TPSA) is 50.9 Å². The van der Waals surface area contributed by atoms with E-state index in [0.717, 1.165) is 0 Å². The maximum Gasteiger partial charge on any atom is 0.338 e. The molecule has 3 rings (SSSR count). The molecular formula is C16H12FNO3. The molecule has 0 amide bonds. The van der Waals surface area contributed by atoms with Crippen LogP contribution >= 0.6 is 0 Å². The zero-order valence-corrected chi connectivity index (χ0v) is 11.2. The Bertz CT molecular complexity index is 839. The first-order valence-corrected chi connectivity index (χ1v) is 6.28. The first-order chi connectivity index (χ1) is 10.1. The fourth-order valence-corrected chi connectivity index (χ4v) is 2.44. The quantitative estimate of drug-likeness (QED) is 0.802. The van der Waals surface area contributed by atoms with Gasteiger partial charge in [0.25, 0.3) is 0 Å². The van der Waals surface area contributed by atoms with Gasteiger partial charge in [0.05, 0.1) is 18.2 Å². The van der Waals surface area contributed by atoms with E-state index in [1.54, 1.807) is 35.0 Å². The van der Waals surface area contributed by atoms with Crippen molar-refractivity contribution in [2.75, 3.05) is 7.11 Å². The third kappa shape index (κ3) is 2.12. The number of hydrogen-bond donors (Lipinski definition) is 1. The molecule has 0 aliphatic rings. The zero-order valence-electron chi connectivity index (χ0n) is 11.2. The van der Waals surface area contributed by atoms with Crippen molar-refractivity contribution in [1.82, 2.24) is 4.40 Å². The van der Waals surface area contributed by atoms with Crippen LogP contribution in [0.3, 0.4) is 0 Å². The number of aromatic carboxylic acids is 1. The predicted molar refractivity (Wildman–Crippen MR) is 76.3 cm³/mol.